The molecule has 3 aromatic rings. The van der Waals surface area contributed by atoms with E-state index in [9.17, 15) is 26.7 Å². The van der Waals surface area contributed by atoms with Crippen LogP contribution in [0.25, 0.3) is 0 Å². The number of carbonyl (C=O) groups excluding carboxylic acids is 1. The molecule has 0 saturated carbocycles. The summed E-state index contributed by atoms with van der Waals surface area (Å²) in [6.07, 6.45) is 0.372. The summed E-state index contributed by atoms with van der Waals surface area (Å²) in [6, 6.07) is 12.9. The Bertz CT molecular complexity index is 1310. The molecule has 0 aliphatic carbocycles. The van der Waals surface area contributed by atoms with Crippen LogP contribution >= 0.6 is 0 Å². The van der Waals surface area contributed by atoms with E-state index >= 15 is 0 Å². The van der Waals surface area contributed by atoms with Crippen LogP contribution < -0.4 is 26.6 Å². The second-order valence-corrected chi connectivity index (χ2v) is 10.2. The molecule has 5 nitrogen and oxygen atoms in total. The maximum atomic E-state index is 14.7. The quantitative estimate of drug-likeness (QED) is 0.219. The highest BCUT2D eigenvalue weighted by atomic mass is 79.9. The molecule has 214 valence electrons. The van der Waals surface area contributed by atoms with Crippen LogP contribution in [0.5, 0.6) is 5.75 Å². The molecule has 2 bridgehead atoms. The van der Waals surface area contributed by atoms with Gasteiger partial charge in [0.1, 0.15) is 37.1 Å². The first kappa shape index (κ1) is 29.8. The lowest BCUT2D eigenvalue weighted by Gasteiger charge is -2.52. The van der Waals surface area contributed by atoms with Crippen LogP contribution in [0, 0.1) is 35.0 Å². The molecule has 40 heavy (non-hydrogen) atoms. The van der Waals surface area contributed by atoms with E-state index in [0.717, 1.165) is 49.0 Å². The van der Waals surface area contributed by atoms with E-state index in [1.807, 2.05) is 0 Å². The van der Waals surface area contributed by atoms with Crippen molar-refractivity contribution in [3.63, 3.8) is 0 Å². The molecule has 1 amide bonds. The van der Waals surface area contributed by atoms with E-state index < -0.39 is 42.0 Å². The topological polar surface area (TPSA) is 38.8 Å². The van der Waals surface area contributed by atoms with E-state index in [4.69, 9.17) is 9.47 Å². The van der Waals surface area contributed by atoms with Gasteiger partial charge < -0.3 is 30.9 Å². The number of amides is 1. The molecule has 3 fully saturated rings. The summed E-state index contributed by atoms with van der Waals surface area (Å²) < 4.78 is 81.5. The number of rotatable bonds is 8. The molecule has 3 aromatic carbocycles. The third kappa shape index (κ3) is 6.58. The lowest BCUT2D eigenvalue weighted by molar-refractivity contribution is -0.946. The number of carbonyl (C=O) groups is 1. The van der Waals surface area contributed by atoms with Crippen molar-refractivity contribution in [2.24, 2.45) is 5.92 Å². The second kappa shape index (κ2) is 12.6. The van der Waals surface area contributed by atoms with Crippen molar-refractivity contribution in [2.75, 3.05) is 37.7 Å². The SMILES string of the molecule is O=C(O[C@H]1C[N+]2(CCOc3ccc(F)cc3)CCC1CC2)N(Cc1cc(F)c(F)c(F)c1)c1ccccc1F.[Br-]. The van der Waals surface area contributed by atoms with Gasteiger partial charge in [-0.3, -0.25) is 4.90 Å². The van der Waals surface area contributed by atoms with Gasteiger partial charge in [-0.05, 0) is 54.1 Å². The normalized spacial score (nSPS) is 21.4. The summed E-state index contributed by atoms with van der Waals surface area (Å²) in [6.45, 7) is 3.00. The molecule has 11 heteroatoms. The van der Waals surface area contributed by atoms with Crippen molar-refractivity contribution < 1.29 is 57.7 Å². The monoisotopic (exact) mass is 626 g/mol. The van der Waals surface area contributed by atoms with Crippen LogP contribution in [0.15, 0.2) is 60.7 Å². The van der Waals surface area contributed by atoms with E-state index in [1.165, 1.54) is 30.3 Å². The first-order chi connectivity index (χ1) is 18.7. The van der Waals surface area contributed by atoms with Crippen molar-refractivity contribution >= 4 is 11.8 Å². The minimum absolute atomic E-state index is 0. The third-order valence-corrected chi connectivity index (χ3v) is 7.69. The molecule has 0 aromatic heterocycles. The van der Waals surface area contributed by atoms with Crippen molar-refractivity contribution in [3.8, 4) is 5.75 Å². The Hall–Kier alpha value is -3.18. The fourth-order valence-electron chi connectivity index (χ4n) is 5.55. The molecule has 3 aliphatic heterocycles. The molecular formula is C29H28BrF5N2O3. The largest absolute Gasteiger partial charge is 1.00 e. The Balaban J connectivity index is 0.00000370. The Kier molecular flexibility index (Phi) is 9.35. The number of para-hydroxylation sites is 1. The van der Waals surface area contributed by atoms with Crippen LogP contribution in [0.2, 0.25) is 0 Å². The summed E-state index contributed by atoms with van der Waals surface area (Å²) in [7, 11) is 0. The number of benzene rings is 3. The molecule has 6 rings (SSSR count). The predicted octanol–water partition coefficient (Wildman–Crippen LogP) is 3.22. The highest BCUT2D eigenvalue weighted by molar-refractivity contribution is 5.87. The van der Waals surface area contributed by atoms with Crippen molar-refractivity contribution in [1.82, 2.24) is 0 Å². The van der Waals surface area contributed by atoms with Gasteiger partial charge in [-0.15, -0.1) is 0 Å². The Morgan fingerprint density at radius 2 is 1.55 bits per heavy atom. The number of nitrogens with zero attached hydrogens (tertiary/aromatic N) is 2. The summed E-state index contributed by atoms with van der Waals surface area (Å²) in [5.41, 5.74) is -0.174. The van der Waals surface area contributed by atoms with E-state index in [2.05, 4.69) is 0 Å². The average molecular weight is 627 g/mol. The molecule has 3 saturated heterocycles. The van der Waals surface area contributed by atoms with E-state index in [1.54, 1.807) is 12.1 Å². The molecule has 3 heterocycles. The van der Waals surface area contributed by atoms with Crippen LogP contribution in [-0.2, 0) is 11.3 Å². The highest BCUT2D eigenvalue weighted by Gasteiger charge is 2.48. The van der Waals surface area contributed by atoms with E-state index in [-0.39, 0.29) is 40.0 Å². The molecule has 0 spiro atoms. The summed E-state index contributed by atoms with van der Waals surface area (Å²) in [5.74, 6) is -4.78. The van der Waals surface area contributed by atoms with Gasteiger partial charge in [-0.2, -0.15) is 0 Å². The molecule has 0 radical (unpaired) electrons. The Morgan fingerprint density at radius 3 is 2.20 bits per heavy atom. The minimum Gasteiger partial charge on any atom is -1.00 e. The number of quaternary nitrogens is 1. The number of anilines is 1. The molecule has 3 aliphatic rings. The van der Waals surface area contributed by atoms with Gasteiger partial charge in [-0.25, -0.2) is 26.7 Å². The Morgan fingerprint density at radius 1 is 0.900 bits per heavy atom. The highest BCUT2D eigenvalue weighted by Crippen LogP contribution is 2.36. The van der Waals surface area contributed by atoms with E-state index in [0.29, 0.717) is 29.9 Å². The summed E-state index contributed by atoms with van der Waals surface area (Å²) in [5, 5.41) is 0. The number of hydrogen-bond donors (Lipinski definition) is 0. The molecule has 1 atom stereocenters. The summed E-state index contributed by atoms with van der Waals surface area (Å²) in [4.78, 5) is 14.4. The lowest BCUT2D eigenvalue weighted by Crippen LogP contribution is -3.00. The van der Waals surface area contributed by atoms with Crippen molar-refractivity contribution in [1.29, 1.82) is 0 Å². The van der Waals surface area contributed by atoms with Crippen LogP contribution in [0.3, 0.4) is 0 Å². The van der Waals surface area contributed by atoms with Gasteiger partial charge in [0.2, 0.25) is 0 Å². The van der Waals surface area contributed by atoms with Crippen LogP contribution in [0.1, 0.15) is 18.4 Å². The van der Waals surface area contributed by atoms with Crippen LogP contribution in [0.4, 0.5) is 32.4 Å². The third-order valence-electron chi connectivity index (χ3n) is 7.69. The summed E-state index contributed by atoms with van der Waals surface area (Å²) >= 11 is 0. The smallest absolute Gasteiger partial charge is 0.415 e. The lowest BCUT2D eigenvalue weighted by atomic mass is 9.83. The van der Waals surface area contributed by atoms with Gasteiger partial charge in [0.15, 0.2) is 23.6 Å². The number of piperidine rings is 3. The maximum absolute atomic E-state index is 14.7. The zero-order valence-electron chi connectivity index (χ0n) is 21.5. The zero-order chi connectivity index (χ0) is 27.6. The van der Waals surface area contributed by atoms with Gasteiger partial charge in [0, 0.05) is 18.8 Å². The number of ether oxygens (including phenoxy) is 2. The fraction of sp³-hybridized carbons (Fsp3) is 0.345. The van der Waals surface area contributed by atoms with Gasteiger partial charge >= 0.3 is 6.09 Å². The predicted molar refractivity (Wildman–Crippen MR) is 134 cm³/mol. The zero-order valence-corrected chi connectivity index (χ0v) is 23.1. The second-order valence-electron chi connectivity index (χ2n) is 10.2. The minimum atomic E-state index is -1.62. The first-order valence-electron chi connectivity index (χ1n) is 12.8. The van der Waals surface area contributed by atoms with Gasteiger partial charge in [-0.1, -0.05) is 12.1 Å². The number of halogens is 6. The number of fused-ring (bicyclic) bond motifs is 3. The maximum Gasteiger partial charge on any atom is 0.415 e. The van der Waals surface area contributed by atoms with Crippen molar-refractivity contribution in [2.45, 2.75) is 25.5 Å². The van der Waals surface area contributed by atoms with Crippen LogP contribution in [-0.4, -0.2) is 49.5 Å². The van der Waals surface area contributed by atoms with Crippen molar-refractivity contribution in [3.05, 3.63) is 95.3 Å². The first-order valence-corrected chi connectivity index (χ1v) is 12.8. The number of hydrogen-bond acceptors (Lipinski definition) is 3. The van der Waals surface area contributed by atoms with Gasteiger partial charge in [0.25, 0.3) is 0 Å². The molecule has 0 unspecified atom stereocenters. The standard InChI is InChI=1S/C29H28F5N2O3.BrH/c30-21-5-7-22(8-6-21)38-14-13-36-11-9-20(10-12-36)27(18-36)39-29(37)35(26-4-2-1-3-23(26)31)17-19-15-24(32)28(34)25(33)16-19;/h1-8,15-16,20,27H,9-14,17-18H2;1H/q+1;/p-1/t20?,27-,36?;/m0./s1. The van der Waals surface area contributed by atoms with Gasteiger partial charge in [0.05, 0.1) is 25.3 Å². The Labute approximate surface area is 239 Å². The fourth-order valence-corrected chi connectivity index (χ4v) is 5.55. The molecular weight excluding hydrogens is 599 g/mol. The average Bonchev–Trinajstić information content (AvgIpc) is 2.92. The molecule has 0 N–H and O–H groups in total.